The number of Topliss-reactive ketones (excluding diaryl/α,β-unsaturated/α-hetero) is 1. The van der Waals surface area contributed by atoms with Gasteiger partial charge < -0.3 is 4.98 Å². The third kappa shape index (κ3) is 1.87. The molecule has 0 aliphatic carbocycles. The van der Waals surface area contributed by atoms with Crippen molar-refractivity contribution in [2.45, 2.75) is 6.42 Å². The summed E-state index contributed by atoms with van der Waals surface area (Å²) in [6.45, 7) is 0. The molecule has 0 fully saturated rings. The Kier molecular flexibility index (Phi) is 2.98. The van der Waals surface area contributed by atoms with E-state index in [9.17, 15) is 4.79 Å². The zero-order chi connectivity index (χ0) is 10.8. The van der Waals surface area contributed by atoms with E-state index in [1.165, 1.54) is 0 Å². The van der Waals surface area contributed by atoms with Gasteiger partial charge in [0.25, 0.3) is 0 Å². The lowest BCUT2D eigenvalue weighted by Crippen LogP contribution is -1.98. The van der Waals surface area contributed by atoms with Crippen molar-refractivity contribution in [3.8, 4) is 0 Å². The molecule has 0 amide bonds. The number of benzene rings is 1. The number of carbonyl (C=O) groups excluding carboxylic acids is 1. The number of nitrogens with one attached hydrogen (secondary N) is 1. The van der Waals surface area contributed by atoms with E-state index >= 15 is 0 Å². The van der Waals surface area contributed by atoms with Crippen molar-refractivity contribution in [1.29, 1.82) is 0 Å². The summed E-state index contributed by atoms with van der Waals surface area (Å²) >= 11 is 11.6. The first kappa shape index (κ1) is 10.5. The van der Waals surface area contributed by atoms with E-state index in [1.807, 2.05) is 12.1 Å². The Hall–Kier alpha value is -0.990. The quantitative estimate of drug-likeness (QED) is 0.646. The van der Waals surface area contributed by atoms with E-state index in [4.69, 9.17) is 23.2 Å². The van der Waals surface area contributed by atoms with Crippen LogP contribution in [0.2, 0.25) is 5.02 Å². The fraction of sp³-hybridized carbons (Fsp3) is 0.182. The first-order valence-corrected chi connectivity index (χ1v) is 5.50. The van der Waals surface area contributed by atoms with Crippen molar-refractivity contribution in [1.82, 2.24) is 4.98 Å². The molecule has 2 rings (SSSR count). The Bertz CT molecular complexity index is 504. The molecule has 0 aliphatic rings. The van der Waals surface area contributed by atoms with Gasteiger partial charge in [-0.15, -0.1) is 11.6 Å². The van der Waals surface area contributed by atoms with Gasteiger partial charge in [-0.2, -0.15) is 0 Å². The van der Waals surface area contributed by atoms with E-state index in [-0.39, 0.29) is 5.78 Å². The molecule has 0 radical (unpaired) electrons. The molecular formula is C11H9Cl2NO. The minimum Gasteiger partial charge on any atom is -0.360 e. The van der Waals surface area contributed by atoms with Crippen molar-refractivity contribution < 1.29 is 4.79 Å². The highest BCUT2D eigenvalue weighted by Crippen LogP contribution is 2.27. The maximum atomic E-state index is 11.7. The molecule has 2 nitrogen and oxygen atoms in total. The van der Waals surface area contributed by atoms with Gasteiger partial charge in [0, 0.05) is 35.0 Å². The van der Waals surface area contributed by atoms with Crippen molar-refractivity contribution in [2.75, 3.05) is 5.88 Å². The number of aromatic nitrogens is 1. The van der Waals surface area contributed by atoms with Crippen LogP contribution in [0.25, 0.3) is 10.9 Å². The van der Waals surface area contributed by atoms with E-state index in [2.05, 4.69) is 4.98 Å². The zero-order valence-corrected chi connectivity index (χ0v) is 9.40. The summed E-state index contributed by atoms with van der Waals surface area (Å²) in [5, 5.41) is 1.38. The summed E-state index contributed by atoms with van der Waals surface area (Å²) in [5.74, 6) is 0.347. The lowest BCUT2D eigenvalue weighted by molar-refractivity contribution is 0.0991. The van der Waals surface area contributed by atoms with Crippen molar-refractivity contribution in [3.05, 3.63) is 35.0 Å². The number of alkyl halides is 1. The van der Waals surface area contributed by atoms with Crippen LogP contribution in [0.15, 0.2) is 24.4 Å². The highest BCUT2D eigenvalue weighted by molar-refractivity contribution is 6.37. The predicted molar refractivity (Wildman–Crippen MR) is 63.0 cm³/mol. The molecular weight excluding hydrogens is 233 g/mol. The lowest BCUT2D eigenvalue weighted by Gasteiger charge is -1.98. The third-order valence-electron chi connectivity index (χ3n) is 2.28. The van der Waals surface area contributed by atoms with Crippen LogP contribution >= 0.6 is 23.2 Å². The number of hydrogen-bond donors (Lipinski definition) is 1. The summed E-state index contributed by atoms with van der Waals surface area (Å²) < 4.78 is 0. The van der Waals surface area contributed by atoms with Crippen LogP contribution < -0.4 is 0 Å². The van der Waals surface area contributed by atoms with E-state index in [1.54, 1.807) is 12.3 Å². The summed E-state index contributed by atoms with van der Waals surface area (Å²) in [7, 11) is 0. The van der Waals surface area contributed by atoms with Crippen LogP contribution in [0.5, 0.6) is 0 Å². The van der Waals surface area contributed by atoms with Gasteiger partial charge in [-0.05, 0) is 12.1 Å². The molecule has 0 aliphatic heterocycles. The Morgan fingerprint density at radius 3 is 2.93 bits per heavy atom. The molecule has 1 heterocycles. The molecule has 0 saturated heterocycles. The number of H-pyrrole nitrogens is 1. The highest BCUT2D eigenvalue weighted by Gasteiger charge is 2.13. The van der Waals surface area contributed by atoms with Gasteiger partial charge >= 0.3 is 0 Å². The summed E-state index contributed by atoms with van der Waals surface area (Å²) in [4.78, 5) is 14.7. The summed E-state index contributed by atoms with van der Waals surface area (Å²) in [6, 6.07) is 5.50. The van der Waals surface area contributed by atoms with Gasteiger partial charge in [0.2, 0.25) is 0 Å². The molecule has 1 aromatic heterocycles. The molecule has 78 valence electrons. The Balaban J connectivity index is 2.57. The normalized spacial score (nSPS) is 10.8. The fourth-order valence-corrected chi connectivity index (χ4v) is 2.03. The molecule has 0 saturated carbocycles. The first-order valence-electron chi connectivity index (χ1n) is 4.59. The number of carbonyl (C=O) groups is 1. The third-order valence-corrected chi connectivity index (χ3v) is 2.78. The van der Waals surface area contributed by atoms with Gasteiger partial charge in [0.1, 0.15) is 0 Å². The molecule has 0 atom stereocenters. The standard InChI is InChI=1S/C11H9Cl2NO/c12-5-4-10(15)7-6-14-9-3-1-2-8(13)11(7)9/h1-3,6,14H,4-5H2. The lowest BCUT2D eigenvalue weighted by atomic mass is 10.1. The average Bonchev–Trinajstić information content (AvgIpc) is 2.63. The van der Waals surface area contributed by atoms with E-state index in [0.717, 1.165) is 10.9 Å². The van der Waals surface area contributed by atoms with Crippen LogP contribution in [0.4, 0.5) is 0 Å². The van der Waals surface area contributed by atoms with Gasteiger partial charge in [0.05, 0.1) is 5.02 Å². The van der Waals surface area contributed by atoms with Crippen LogP contribution in [-0.4, -0.2) is 16.6 Å². The molecule has 1 aromatic carbocycles. The van der Waals surface area contributed by atoms with Gasteiger partial charge in [-0.1, -0.05) is 17.7 Å². The Morgan fingerprint density at radius 2 is 2.20 bits per heavy atom. The van der Waals surface area contributed by atoms with Gasteiger partial charge in [-0.3, -0.25) is 4.79 Å². The second kappa shape index (κ2) is 4.25. The number of fused-ring (bicyclic) bond motifs is 1. The predicted octanol–water partition coefficient (Wildman–Crippen LogP) is 3.63. The van der Waals surface area contributed by atoms with E-state index < -0.39 is 0 Å². The smallest absolute Gasteiger partial charge is 0.166 e. The second-order valence-corrected chi connectivity index (χ2v) is 4.01. The molecule has 0 spiro atoms. The van der Waals surface area contributed by atoms with E-state index in [0.29, 0.717) is 22.9 Å². The molecule has 0 unspecified atom stereocenters. The highest BCUT2D eigenvalue weighted by atomic mass is 35.5. The average molecular weight is 242 g/mol. The molecule has 0 bridgehead atoms. The van der Waals surface area contributed by atoms with Crippen LogP contribution in [0, 0.1) is 0 Å². The van der Waals surface area contributed by atoms with Crippen LogP contribution in [-0.2, 0) is 0 Å². The monoisotopic (exact) mass is 241 g/mol. The minimum absolute atomic E-state index is 0.0179. The van der Waals surface area contributed by atoms with Crippen molar-refractivity contribution in [2.24, 2.45) is 0 Å². The van der Waals surface area contributed by atoms with Crippen LogP contribution in [0.3, 0.4) is 0 Å². The maximum Gasteiger partial charge on any atom is 0.166 e. The number of ketones is 1. The van der Waals surface area contributed by atoms with Gasteiger partial charge in [0.15, 0.2) is 5.78 Å². The number of rotatable bonds is 3. The number of hydrogen-bond acceptors (Lipinski definition) is 1. The SMILES string of the molecule is O=C(CCCl)c1c[nH]c2cccc(Cl)c12. The Morgan fingerprint density at radius 1 is 1.40 bits per heavy atom. The second-order valence-electron chi connectivity index (χ2n) is 3.23. The maximum absolute atomic E-state index is 11.7. The largest absolute Gasteiger partial charge is 0.360 e. The number of halogens is 2. The minimum atomic E-state index is 0.0179. The molecule has 1 N–H and O–H groups in total. The topological polar surface area (TPSA) is 32.9 Å². The summed E-state index contributed by atoms with van der Waals surface area (Å²) in [5.41, 5.74) is 1.50. The van der Waals surface area contributed by atoms with Crippen LogP contribution in [0.1, 0.15) is 16.8 Å². The number of aromatic amines is 1. The van der Waals surface area contributed by atoms with Crippen molar-refractivity contribution >= 4 is 39.9 Å². The molecule has 4 heteroatoms. The summed E-state index contributed by atoms with van der Waals surface area (Å²) in [6.07, 6.45) is 2.02. The fourth-order valence-electron chi connectivity index (χ4n) is 1.58. The zero-order valence-electron chi connectivity index (χ0n) is 7.89. The first-order chi connectivity index (χ1) is 7.24. The molecule has 2 aromatic rings. The van der Waals surface area contributed by atoms with Crippen molar-refractivity contribution in [3.63, 3.8) is 0 Å². The molecule has 15 heavy (non-hydrogen) atoms. The van der Waals surface area contributed by atoms with Gasteiger partial charge in [-0.25, -0.2) is 0 Å². The Labute approximate surface area is 97.2 Å².